The fourth-order valence-electron chi connectivity index (χ4n) is 3.31. The first kappa shape index (κ1) is 16.0. The molecule has 4 rings (SSSR count). The van der Waals surface area contributed by atoms with Crippen molar-refractivity contribution in [1.29, 1.82) is 5.26 Å². The standard InChI is InChI=1S/C18H17N7O/c19-7-14-2-1-3-16(6-14)18(26)24-9-15(10-25-13-20-12-22-25)8-23-5-4-21-17(23)11-24/h1-6,12-13,15H,8-11H2. The Bertz CT molecular complexity index is 954. The molecule has 8 heteroatoms. The van der Waals surface area contributed by atoms with E-state index in [1.807, 2.05) is 6.20 Å². The van der Waals surface area contributed by atoms with Crippen LogP contribution in [0, 0.1) is 17.2 Å². The third-order valence-electron chi connectivity index (χ3n) is 4.51. The van der Waals surface area contributed by atoms with Gasteiger partial charge >= 0.3 is 0 Å². The molecule has 0 saturated heterocycles. The van der Waals surface area contributed by atoms with Crippen LogP contribution in [0.5, 0.6) is 0 Å². The zero-order valence-electron chi connectivity index (χ0n) is 14.1. The number of carbonyl (C=O) groups is 1. The van der Waals surface area contributed by atoms with E-state index in [4.69, 9.17) is 5.26 Å². The van der Waals surface area contributed by atoms with Gasteiger partial charge in [-0.1, -0.05) is 6.07 Å². The number of aromatic nitrogens is 5. The number of amides is 1. The molecule has 0 fully saturated rings. The van der Waals surface area contributed by atoms with E-state index in [2.05, 4.69) is 25.7 Å². The van der Waals surface area contributed by atoms with Crippen molar-refractivity contribution in [2.45, 2.75) is 19.6 Å². The summed E-state index contributed by atoms with van der Waals surface area (Å²) in [6, 6.07) is 8.88. The second kappa shape index (κ2) is 6.80. The van der Waals surface area contributed by atoms with Gasteiger partial charge < -0.3 is 9.47 Å². The normalized spacial score (nSPS) is 16.6. The highest BCUT2D eigenvalue weighted by Crippen LogP contribution is 2.19. The van der Waals surface area contributed by atoms with Crippen LogP contribution < -0.4 is 0 Å². The summed E-state index contributed by atoms with van der Waals surface area (Å²) in [5, 5.41) is 13.3. The molecule has 3 aromatic rings. The molecule has 1 aromatic carbocycles. The van der Waals surface area contributed by atoms with Crippen molar-refractivity contribution in [2.24, 2.45) is 5.92 Å². The van der Waals surface area contributed by atoms with Crippen molar-refractivity contribution >= 4 is 5.91 Å². The van der Waals surface area contributed by atoms with Crippen molar-refractivity contribution in [3.05, 3.63) is 66.3 Å². The van der Waals surface area contributed by atoms with Gasteiger partial charge in [-0.25, -0.2) is 9.97 Å². The molecule has 0 aliphatic carbocycles. The first-order valence-electron chi connectivity index (χ1n) is 8.35. The Balaban J connectivity index is 1.61. The molecule has 0 N–H and O–H groups in total. The van der Waals surface area contributed by atoms with Gasteiger partial charge in [0, 0.05) is 43.5 Å². The summed E-state index contributed by atoms with van der Waals surface area (Å²) in [7, 11) is 0. The van der Waals surface area contributed by atoms with Crippen molar-refractivity contribution in [3.8, 4) is 6.07 Å². The molecule has 0 bridgehead atoms. The van der Waals surface area contributed by atoms with Gasteiger partial charge in [-0.2, -0.15) is 10.4 Å². The minimum atomic E-state index is -0.0952. The van der Waals surface area contributed by atoms with Gasteiger partial charge in [0.25, 0.3) is 5.91 Å². The SMILES string of the molecule is N#Cc1cccc(C(=O)N2Cc3nccn3CC(Cn3cncn3)C2)c1. The molecule has 1 unspecified atom stereocenters. The van der Waals surface area contributed by atoms with Crippen molar-refractivity contribution in [3.63, 3.8) is 0 Å². The molecule has 0 radical (unpaired) electrons. The molecule has 0 spiro atoms. The zero-order valence-corrected chi connectivity index (χ0v) is 14.1. The molecule has 8 nitrogen and oxygen atoms in total. The fourth-order valence-corrected chi connectivity index (χ4v) is 3.31. The minimum absolute atomic E-state index is 0.0952. The Morgan fingerprint density at radius 1 is 1.35 bits per heavy atom. The van der Waals surface area contributed by atoms with Crippen LogP contribution >= 0.6 is 0 Å². The van der Waals surface area contributed by atoms with Crippen LogP contribution in [0.15, 0.2) is 49.3 Å². The molecule has 1 amide bonds. The minimum Gasteiger partial charge on any atom is -0.333 e. The molecule has 1 aliphatic rings. The van der Waals surface area contributed by atoms with Crippen LogP contribution in [0.4, 0.5) is 0 Å². The van der Waals surface area contributed by atoms with Gasteiger partial charge in [0.1, 0.15) is 18.5 Å². The molecule has 0 saturated carbocycles. The second-order valence-electron chi connectivity index (χ2n) is 6.36. The Morgan fingerprint density at radius 2 is 2.27 bits per heavy atom. The molecule has 2 aromatic heterocycles. The molecule has 3 heterocycles. The second-order valence-corrected chi connectivity index (χ2v) is 6.36. The van der Waals surface area contributed by atoms with Crippen LogP contribution in [-0.4, -0.2) is 41.7 Å². The first-order chi connectivity index (χ1) is 12.7. The number of hydrogen-bond donors (Lipinski definition) is 0. The maximum absolute atomic E-state index is 13.0. The third-order valence-corrected chi connectivity index (χ3v) is 4.51. The number of nitriles is 1. The molecule has 1 atom stereocenters. The van der Waals surface area contributed by atoms with Gasteiger partial charge in [0.15, 0.2) is 0 Å². The number of benzene rings is 1. The number of rotatable bonds is 3. The summed E-state index contributed by atoms with van der Waals surface area (Å²) in [4.78, 5) is 23.2. The highest BCUT2D eigenvalue weighted by Gasteiger charge is 2.27. The number of imidazole rings is 1. The summed E-state index contributed by atoms with van der Waals surface area (Å²) in [6.07, 6.45) is 6.89. The van der Waals surface area contributed by atoms with E-state index < -0.39 is 0 Å². The Morgan fingerprint density at radius 3 is 3.08 bits per heavy atom. The molecule has 26 heavy (non-hydrogen) atoms. The molecular weight excluding hydrogens is 330 g/mol. The van der Waals surface area contributed by atoms with Gasteiger partial charge in [-0.15, -0.1) is 0 Å². The van der Waals surface area contributed by atoms with Crippen LogP contribution in [0.2, 0.25) is 0 Å². The van der Waals surface area contributed by atoms with E-state index in [0.29, 0.717) is 30.8 Å². The van der Waals surface area contributed by atoms with E-state index in [9.17, 15) is 4.79 Å². The van der Waals surface area contributed by atoms with Gasteiger partial charge in [0.2, 0.25) is 0 Å². The number of fused-ring (bicyclic) bond motifs is 1. The lowest BCUT2D eigenvalue weighted by molar-refractivity contribution is 0.0712. The van der Waals surface area contributed by atoms with Crippen molar-refractivity contribution in [1.82, 2.24) is 29.2 Å². The lowest BCUT2D eigenvalue weighted by atomic mass is 10.1. The lowest BCUT2D eigenvalue weighted by Gasteiger charge is -2.24. The van der Waals surface area contributed by atoms with E-state index in [1.54, 1.807) is 46.4 Å². The van der Waals surface area contributed by atoms with Crippen LogP contribution in [-0.2, 0) is 19.6 Å². The van der Waals surface area contributed by atoms with E-state index in [1.165, 1.54) is 6.33 Å². The van der Waals surface area contributed by atoms with Crippen molar-refractivity contribution in [2.75, 3.05) is 6.54 Å². The number of carbonyl (C=O) groups excluding carboxylic acids is 1. The van der Waals surface area contributed by atoms with Crippen LogP contribution in [0.1, 0.15) is 21.7 Å². The summed E-state index contributed by atoms with van der Waals surface area (Å²) in [6.45, 7) is 2.45. The Labute approximate surface area is 150 Å². The maximum Gasteiger partial charge on any atom is 0.254 e. The largest absolute Gasteiger partial charge is 0.333 e. The highest BCUT2D eigenvalue weighted by molar-refractivity contribution is 5.94. The monoisotopic (exact) mass is 347 g/mol. The van der Waals surface area contributed by atoms with Crippen molar-refractivity contribution < 1.29 is 4.79 Å². The third kappa shape index (κ3) is 3.19. The van der Waals surface area contributed by atoms with Crippen LogP contribution in [0.3, 0.4) is 0 Å². The van der Waals surface area contributed by atoms with E-state index in [-0.39, 0.29) is 11.8 Å². The predicted molar refractivity (Wildman–Crippen MR) is 91.6 cm³/mol. The summed E-state index contributed by atoms with van der Waals surface area (Å²) in [5.41, 5.74) is 0.995. The average Bonchev–Trinajstić information content (AvgIpc) is 3.30. The summed E-state index contributed by atoms with van der Waals surface area (Å²) < 4.78 is 3.87. The van der Waals surface area contributed by atoms with Gasteiger partial charge in [-0.05, 0) is 18.2 Å². The molecule has 1 aliphatic heterocycles. The summed E-state index contributed by atoms with van der Waals surface area (Å²) in [5.74, 6) is 0.938. The maximum atomic E-state index is 13.0. The average molecular weight is 347 g/mol. The first-order valence-corrected chi connectivity index (χ1v) is 8.35. The van der Waals surface area contributed by atoms with Crippen LogP contribution in [0.25, 0.3) is 0 Å². The number of nitrogens with zero attached hydrogens (tertiary/aromatic N) is 7. The van der Waals surface area contributed by atoms with E-state index >= 15 is 0 Å². The fraction of sp³-hybridized carbons (Fsp3) is 0.278. The zero-order chi connectivity index (χ0) is 17.9. The van der Waals surface area contributed by atoms with E-state index in [0.717, 1.165) is 12.4 Å². The Kier molecular flexibility index (Phi) is 4.19. The van der Waals surface area contributed by atoms with Gasteiger partial charge in [0.05, 0.1) is 18.2 Å². The van der Waals surface area contributed by atoms with Gasteiger partial charge in [-0.3, -0.25) is 9.48 Å². The molecular formula is C18H17N7O. The quantitative estimate of drug-likeness (QED) is 0.712. The molecule has 130 valence electrons. The smallest absolute Gasteiger partial charge is 0.254 e. The highest BCUT2D eigenvalue weighted by atomic mass is 16.2. The Hall–Kier alpha value is -3.47. The lowest BCUT2D eigenvalue weighted by Crippen LogP contribution is -2.35. The topological polar surface area (TPSA) is 92.6 Å². The predicted octanol–water partition coefficient (Wildman–Crippen LogP) is 1.32. The number of hydrogen-bond acceptors (Lipinski definition) is 5. The summed E-state index contributed by atoms with van der Waals surface area (Å²) >= 11 is 0.